The van der Waals surface area contributed by atoms with Crippen LogP contribution < -0.4 is 10.0 Å². The lowest BCUT2D eigenvalue weighted by molar-refractivity contribution is -0.120. The molecule has 1 aromatic carbocycles. The highest BCUT2D eigenvalue weighted by molar-refractivity contribution is 7.90. The van der Waals surface area contributed by atoms with E-state index in [4.69, 9.17) is 0 Å². The Balaban J connectivity index is 1.71. The molecule has 1 aliphatic rings. The van der Waals surface area contributed by atoms with Crippen LogP contribution in [0.2, 0.25) is 0 Å². The first kappa shape index (κ1) is 16.7. The maximum Gasteiger partial charge on any atom is 0.263 e. The van der Waals surface area contributed by atoms with Crippen LogP contribution in [0.15, 0.2) is 51.7 Å². The fourth-order valence-electron chi connectivity index (χ4n) is 2.51. The molecule has 1 amide bonds. The van der Waals surface area contributed by atoms with E-state index in [2.05, 4.69) is 15.0 Å². The minimum absolute atomic E-state index is 0.0507. The summed E-state index contributed by atoms with van der Waals surface area (Å²) in [6, 6.07) is 10.5. The molecule has 2 heterocycles. The van der Waals surface area contributed by atoms with Crippen molar-refractivity contribution in [3.05, 3.63) is 52.2 Å². The van der Waals surface area contributed by atoms with Crippen LogP contribution in [0.4, 0.5) is 0 Å². The van der Waals surface area contributed by atoms with Crippen LogP contribution in [0.1, 0.15) is 29.8 Å². The second-order valence-electron chi connectivity index (χ2n) is 5.31. The minimum atomic E-state index is -3.58. The standard InChI is InChI=1S/C16H17N3O3S2/c1-2-12(13-7-5-9-23-13)18-15(20)10-17-16-11-6-3-4-8-14(11)24(21,22)19-16/h3-9,12H,2,10H2,1H3,(H,17,19)(H,18,20). The summed E-state index contributed by atoms with van der Waals surface area (Å²) in [5, 5.41) is 4.89. The van der Waals surface area contributed by atoms with Gasteiger partial charge in [0.05, 0.1) is 10.9 Å². The van der Waals surface area contributed by atoms with Gasteiger partial charge in [-0.25, -0.2) is 8.42 Å². The van der Waals surface area contributed by atoms with Gasteiger partial charge in [-0.15, -0.1) is 11.3 Å². The third kappa shape index (κ3) is 3.34. The van der Waals surface area contributed by atoms with Gasteiger partial charge in [0.2, 0.25) is 5.91 Å². The first-order chi connectivity index (χ1) is 11.5. The molecule has 0 saturated carbocycles. The highest BCUT2D eigenvalue weighted by Crippen LogP contribution is 2.23. The van der Waals surface area contributed by atoms with E-state index < -0.39 is 10.0 Å². The highest BCUT2D eigenvalue weighted by Gasteiger charge is 2.30. The average Bonchev–Trinajstić information content (AvgIpc) is 3.18. The third-order valence-electron chi connectivity index (χ3n) is 3.67. The fourth-order valence-corrected chi connectivity index (χ4v) is 4.62. The monoisotopic (exact) mass is 363 g/mol. The Bertz CT molecular complexity index is 874. The first-order valence-corrected chi connectivity index (χ1v) is 9.87. The van der Waals surface area contributed by atoms with Gasteiger partial charge in [-0.2, -0.15) is 0 Å². The van der Waals surface area contributed by atoms with E-state index in [0.29, 0.717) is 5.56 Å². The summed E-state index contributed by atoms with van der Waals surface area (Å²) < 4.78 is 26.4. The molecule has 126 valence electrons. The number of carbonyl (C=O) groups excluding carboxylic acids is 1. The van der Waals surface area contributed by atoms with Gasteiger partial charge in [-0.05, 0) is 30.0 Å². The van der Waals surface area contributed by atoms with Gasteiger partial charge in [-0.1, -0.05) is 25.1 Å². The van der Waals surface area contributed by atoms with Crippen molar-refractivity contribution in [3.63, 3.8) is 0 Å². The Morgan fingerprint density at radius 1 is 1.29 bits per heavy atom. The van der Waals surface area contributed by atoms with Crippen molar-refractivity contribution in [2.24, 2.45) is 4.99 Å². The SMILES string of the molecule is CCC(NC(=O)CN=C1NS(=O)(=O)c2ccccc21)c1cccs1. The van der Waals surface area contributed by atoms with Gasteiger partial charge >= 0.3 is 0 Å². The lowest BCUT2D eigenvalue weighted by Gasteiger charge is -2.14. The fraction of sp³-hybridized carbons (Fsp3) is 0.250. The maximum atomic E-state index is 12.1. The number of fused-ring (bicyclic) bond motifs is 1. The van der Waals surface area contributed by atoms with Crippen LogP contribution in [0.5, 0.6) is 0 Å². The lowest BCUT2D eigenvalue weighted by atomic mass is 10.2. The molecule has 8 heteroatoms. The van der Waals surface area contributed by atoms with Crippen molar-refractivity contribution in [1.82, 2.24) is 10.0 Å². The molecular weight excluding hydrogens is 346 g/mol. The molecule has 6 nitrogen and oxygen atoms in total. The van der Waals surface area contributed by atoms with E-state index in [-0.39, 0.29) is 29.2 Å². The molecule has 3 rings (SSSR count). The summed E-state index contributed by atoms with van der Waals surface area (Å²) in [7, 11) is -3.58. The molecule has 1 unspecified atom stereocenters. The van der Waals surface area contributed by atoms with Gasteiger partial charge in [-0.3, -0.25) is 14.5 Å². The number of nitrogens with zero attached hydrogens (tertiary/aromatic N) is 1. The zero-order valence-corrected chi connectivity index (χ0v) is 14.7. The van der Waals surface area contributed by atoms with Crippen LogP contribution in [0.3, 0.4) is 0 Å². The summed E-state index contributed by atoms with van der Waals surface area (Å²) in [6.45, 7) is 1.87. The number of amidine groups is 1. The topological polar surface area (TPSA) is 87.6 Å². The second-order valence-corrected chi connectivity index (χ2v) is 7.94. The minimum Gasteiger partial charge on any atom is -0.347 e. The summed E-state index contributed by atoms with van der Waals surface area (Å²) in [6.07, 6.45) is 0.776. The number of thiophene rings is 1. The quantitative estimate of drug-likeness (QED) is 0.852. The van der Waals surface area contributed by atoms with Crippen molar-refractivity contribution in [2.75, 3.05) is 6.54 Å². The highest BCUT2D eigenvalue weighted by atomic mass is 32.2. The lowest BCUT2D eigenvalue weighted by Crippen LogP contribution is -2.31. The van der Waals surface area contributed by atoms with Crippen LogP contribution in [-0.4, -0.2) is 26.7 Å². The first-order valence-electron chi connectivity index (χ1n) is 7.50. The van der Waals surface area contributed by atoms with Crippen molar-refractivity contribution < 1.29 is 13.2 Å². The normalized spacial score (nSPS) is 18.0. The Morgan fingerprint density at radius 3 is 2.79 bits per heavy atom. The average molecular weight is 363 g/mol. The molecule has 0 aliphatic carbocycles. The van der Waals surface area contributed by atoms with Crippen LogP contribution in [-0.2, 0) is 14.8 Å². The molecule has 0 saturated heterocycles. The number of hydrogen-bond donors (Lipinski definition) is 2. The van der Waals surface area contributed by atoms with Gasteiger partial charge < -0.3 is 5.32 Å². The predicted molar refractivity (Wildman–Crippen MR) is 93.7 cm³/mol. The third-order valence-corrected chi connectivity index (χ3v) is 6.06. The smallest absolute Gasteiger partial charge is 0.263 e. The summed E-state index contributed by atoms with van der Waals surface area (Å²) in [4.78, 5) is 17.6. The van der Waals surface area contributed by atoms with Crippen LogP contribution >= 0.6 is 11.3 Å². The van der Waals surface area contributed by atoms with Gasteiger partial charge in [0.25, 0.3) is 10.0 Å². The molecule has 1 atom stereocenters. The molecule has 24 heavy (non-hydrogen) atoms. The number of hydrogen-bond acceptors (Lipinski definition) is 5. The number of rotatable bonds is 5. The number of amides is 1. The molecule has 0 spiro atoms. The number of carbonyl (C=O) groups is 1. The molecule has 0 fully saturated rings. The van der Waals surface area contributed by atoms with Gasteiger partial charge in [0.1, 0.15) is 12.4 Å². The maximum absolute atomic E-state index is 12.1. The Hall–Kier alpha value is -2.19. The van der Waals surface area contributed by atoms with Gasteiger partial charge in [0.15, 0.2) is 0 Å². The zero-order valence-electron chi connectivity index (χ0n) is 13.0. The Morgan fingerprint density at radius 2 is 2.08 bits per heavy atom. The van der Waals surface area contributed by atoms with Crippen molar-refractivity contribution in [2.45, 2.75) is 24.3 Å². The molecule has 0 radical (unpaired) electrons. The number of sulfonamides is 1. The number of benzene rings is 1. The van der Waals surface area contributed by atoms with Crippen LogP contribution in [0, 0.1) is 0 Å². The van der Waals surface area contributed by atoms with Crippen molar-refractivity contribution in [3.8, 4) is 0 Å². The number of aliphatic imine (C=N–C) groups is 1. The number of nitrogens with one attached hydrogen (secondary N) is 2. The molecule has 2 aromatic rings. The van der Waals surface area contributed by atoms with E-state index in [1.165, 1.54) is 6.07 Å². The Kier molecular flexibility index (Phi) is 4.68. The molecule has 1 aromatic heterocycles. The molecule has 2 N–H and O–H groups in total. The summed E-state index contributed by atoms with van der Waals surface area (Å²) in [5.74, 6) is -0.0312. The van der Waals surface area contributed by atoms with Crippen molar-refractivity contribution in [1.29, 1.82) is 0 Å². The van der Waals surface area contributed by atoms with E-state index in [0.717, 1.165) is 11.3 Å². The molecule has 1 aliphatic heterocycles. The van der Waals surface area contributed by atoms with E-state index >= 15 is 0 Å². The van der Waals surface area contributed by atoms with E-state index in [9.17, 15) is 13.2 Å². The van der Waals surface area contributed by atoms with Crippen LogP contribution in [0.25, 0.3) is 0 Å². The molecular formula is C16H17N3O3S2. The predicted octanol–water partition coefficient (Wildman–Crippen LogP) is 2.05. The Labute approximate surface area is 144 Å². The summed E-state index contributed by atoms with van der Waals surface area (Å²) in [5.41, 5.74) is 0.496. The largest absolute Gasteiger partial charge is 0.347 e. The van der Waals surface area contributed by atoms with E-state index in [1.807, 2.05) is 24.4 Å². The zero-order chi connectivity index (χ0) is 17.2. The molecule has 0 bridgehead atoms. The second kappa shape index (κ2) is 6.74. The van der Waals surface area contributed by atoms with E-state index in [1.54, 1.807) is 29.5 Å². The van der Waals surface area contributed by atoms with Crippen molar-refractivity contribution >= 4 is 33.1 Å². The van der Waals surface area contributed by atoms with Gasteiger partial charge in [0, 0.05) is 10.4 Å². The summed E-state index contributed by atoms with van der Waals surface area (Å²) >= 11 is 1.59.